The van der Waals surface area contributed by atoms with E-state index in [1.165, 1.54) is 11.5 Å². The van der Waals surface area contributed by atoms with Gasteiger partial charge in [-0.1, -0.05) is 36.4 Å². The maximum absolute atomic E-state index is 13.1. The summed E-state index contributed by atoms with van der Waals surface area (Å²) >= 11 is 0. The molecule has 1 atom stereocenters. The molecule has 4 nitrogen and oxygen atoms in total. The van der Waals surface area contributed by atoms with Crippen molar-refractivity contribution in [3.05, 3.63) is 81.8 Å². The zero-order valence-corrected chi connectivity index (χ0v) is 15.0. The second-order valence-corrected chi connectivity index (χ2v) is 7.12. The first-order valence-electron chi connectivity index (χ1n) is 9.05. The highest BCUT2D eigenvalue weighted by Gasteiger charge is 2.37. The summed E-state index contributed by atoms with van der Waals surface area (Å²) in [6, 6.07) is 16.1. The van der Waals surface area contributed by atoms with E-state index in [4.69, 9.17) is 0 Å². The molecular formula is C22H22N2O2. The van der Waals surface area contributed by atoms with Crippen LogP contribution in [0.2, 0.25) is 0 Å². The fourth-order valence-corrected chi connectivity index (χ4v) is 3.52. The summed E-state index contributed by atoms with van der Waals surface area (Å²) in [6.45, 7) is 3.86. The molecule has 1 aliphatic carbocycles. The lowest BCUT2D eigenvalue weighted by Crippen LogP contribution is -2.38. The third kappa shape index (κ3) is 3.03. The minimum Gasteiger partial charge on any atom is -0.364 e. The quantitative estimate of drug-likeness (QED) is 0.770. The largest absolute Gasteiger partial charge is 0.364 e. The van der Waals surface area contributed by atoms with Crippen LogP contribution in [0.15, 0.2) is 59.5 Å². The van der Waals surface area contributed by atoms with Crippen LogP contribution in [0, 0.1) is 6.92 Å². The molecule has 1 saturated carbocycles. The fourth-order valence-electron chi connectivity index (χ4n) is 3.52. The van der Waals surface area contributed by atoms with Crippen molar-refractivity contribution in [1.82, 2.24) is 9.88 Å². The van der Waals surface area contributed by atoms with E-state index in [0.29, 0.717) is 0 Å². The number of hydrogen-bond acceptors (Lipinski definition) is 2. The van der Waals surface area contributed by atoms with Gasteiger partial charge in [-0.25, -0.2) is 0 Å². The normalized spacial score (nSPS) is 15.0. The molecule has 1 aliphatic rings. The number of pyridine rings is 1. The third-order valence-electron chi connectivity index (χ3n) is 5.14. The van der Waals surface area contributed by atoms with Crippen LogP contribution < -0.4 is 5.43 Å². The first-order chi connectivity index (χ1) is 12.5. The first-order valence-corrected chi connectivity index (χ1v) is 9.05. The summed E-state index contributed by atoms with van der Waals surface area (Å²) in [5, 5.41) is 2.34. The molecule has 3 aromatic rings. The van der Waals surface area contributed by atoms with Crippen LogP contribution in [0.3, 0.4) is 0 Å². The summed E-state index contributed by atoms with van der Waals surface area (Å²) in [5.41, 5.74) is 1.84. The number of amides is 1. The van der Waals surface area contributed by atoms with Crippen LogP contribution in [-0.4, -0.2) is 21.8 Å². The first kappa shape index (κ1) is 16.6. The summed E-state index contributed by atoms with van der Waals surface area (Å²) in [6.07, 6.45) is 3.53. The molecule has 0 aliphatic heterocycles. The smallest absolute Gasteiger partial charge is 0.260 e. The number of carbonyl (C=O) groups excluding carboxylic acids is 1. The Morgan fingerprint density at radius 1 is 1.12 bits per heavy atom. The zero-order chi connectivity index (χ0) is 18.3. The summed E-state index contributed by atoms with van der Waals surface area (Å²) < 4.78 is 0. The van der Waals surface area contributed by atoms with Crippen molar-refractivity contribution in [3.8, 4) is 0 Å². The molecule has 4 heteroatoms. The van der Waals surface area contributed by atoms with Gasteiger partial charge in [0.2, 0.25) is 0 Å². The molecule has 1 aromatic heterocycles. The number of rotatable bonds is 4. The van der Waals surface area contributed by atoms with E-state index in [9.17, 15) is 9.59 Å². The molecule has 1 amide bonds. The van der Waals surface area contributed by atoms with E-state index < -0.39 is 0 Å². The van der Waals surface area contributed by atoms with E-state index in [1.807, 2.05) is 30.9 Å². The fraction of sp³-hybridized carbons (Fsp3) is 0.273. The van der Waals surface area contributed by atoms with Crippen molar-refractivity contribution in [2.45, 2.75) is 38.8 Å². The van der Waals surface area contributed by atoms with Gasteiger partial charge in [0.05, 0.1) is 6.04 Å². The second kappa shape index (κ2) is 6.45. The van der Waals surface area contributed by atoms with Gasteiger partial charge >= 0.3 is 0 Å². The summed E-state index contributed by atoms with van der Waals surface area (Å²) in [5.74, 6) is -0.186. The lowest BCUT2D eigenvalue weighted by atomic mass is 10.0. The molecule has 132 valence electrons. The minimum atomic E-state index is -0.220. The number of aryl methyl sites for hydroxylation is 1. The van der Waals surface area contributed by atoms with Crippen molar-refractivity contribution in [1.29, 1.82) is 0 Å². The van der Waals surface area contributed by atoms with Crippen molar-refractivity contribution in [2.24, 2.45) is 0 Å². The van der Waals surface area contributed by atoms with E-state index in [1.54, 1.807) is 6.20 Å². The molecular weight excluding hydrogens is 324 g/mol. The molecule has 1 heterocycles. The Hall–Kier alpha value is -2.88. The molecule has 1 N–H and O–H groups in total. The maximum atomic E-state index is 13.1. The Kier molecular flexibility index (Phi) is 4.11. The number of benzene rings is 2. The van der Waals surface area contributed by atoms with Crippen LogP contribution in [-0.2, 0) is 0 Å². The van der Waals surface area contributed by atoms with Gasteiger partial charge in [0.25, 0.3) is 5.91 Å². The number of carbonyl (C=O) groups is 1. The van der Waals surface area contributed by atoms with Gasteiger partial charge in [0.1, 0.15) is 5.56 Å². The minimum absolute atomic E-state index is 0.0830. The lowest BCUT2D eigenvalue weighted by molar-refractivity contribution is 0.0672. The van der Waals surface area contributed by atoms with Crippen molar-refractivity contribution in [2.75, 3.05) is 0 Å². The second-order valence-electron chi connectivity index (χ2n) is 7.12. The number of aromatic amines is 1. The average molecular weight is 346 g/mol. The number of nitrogens with zero attached hydrogens (tertiary/aromatic N) is 1. The van der Waals surface area contributed by atoms with Crippen molar-refractivity contribution >= 4 is 16.7 Å². The van der Waals surface area contributed by atoms with E-state index in [-0.39, 0.29) is 29.0 Å². The summed E-state index contributed by atoms with van der Waals surface area (Å²) in [7, 11) is 0. The molecule has 2 aromatic carbocycles. The van der Waals surface area contributed by atoms with Crippen molar-refractivity contribution in [3.63, 3.8) is 0 Å². The highest BCUT2D eigenvalue weighted by Crippen LogP contribution is 2.36. The molecule has 1 unspecified atom stereocenters. The van der Waals surface area contributed by atoms with Gasteiger partial charge < -0.3 is 9.88 Å². The molecule has 1 fully saturated rings. The van der Waals surface area contributed by atoms with Crippen LogP contribution in [0.5, 0.6) is 0 Å². The Labute approximate surface area is 152 Å². The number of nitrogens with one attached hydrogen (secondary N) is 1. The zero-order valence-electron chi connectivity index (χ0n) is 15.0. The molecule has 4 rings (SSSR count). The molecule has 26 heavy (non-hydrogen) atoms. The van der Waals surface area contributed by atoms with Gasteiger partial charge in [-0.2, -0.15) is 0 Å². The van der Waals surface area contributed by atoms with E-state index >= 15 is 0 Å². The van der Waals surface area contributed by atoms with Gasteiger partial charge in [-0.3, -0.25) is 9.59 Å². The van der Waals surface area contributed by atoms with Crippen LogP contribution in [0.25, 0.3) is 10.8 Å². The molecule has 0 radical (unpaired) electrons. The SMILES string of the molecule is Cc1cc(=O)c(C(=O)N(C2CC2)C(C)c2ccc3ccccc3c2)c[nH]1. The number of H-pyrrole nitrogens is 1. The number of hydrogen-bond donors (Lipinski definition) is 1. The van der Waals surface area contributed by atoms with Crippen LogP contribution in [0.4, 0.5) is 0 Å². The molecule has 0 spiro atoms. The molecule has 0 saturated heterocycles. The summed E-state index contributed by atoms with van der Waals surface area (Å²) in [4.78, 5) is 30.3. The Balaban J connectivity index is 1.71. The Bertz CT molecular complexity index is 1030. The lowest BCUT2D eigenvalue weighted by Gasteiger charge is -2.30. The standard InChI is InChI=1S/C22H22N2O2/c1-14-11-21(25)20(13-23-14)22(26)24(19-9-10-19)15(2)17-8-7-16-5-3-4-6-18(16)12-17/h3-8,11-13,15,19H,9-10H2,1-2H3,(H,23,25). The predicted molar refractivity (Wildman–Crippen MR) is 103 cm³/mol. The maximum Gasteiger partial charge on any atom is 0.260 e. The average Bonchev–Trinajstić information content (AvgIpc) is 3.46. The Morgan fingerprint density at radius 3 is 2.54 bits per heavy atom. The van der Waals surface area contributed by atoms with E-state index in [0.717, 1.165) is 29.5 Å². The topological polar surface area (TPSA) is 53.2 Å². The Morgan fingerprint density at radius 2 is 1.85 bits per heavy atom. The molecule has 0 bridgehead atoms. The number of fused-ring (bicyclic) bond motifs is 1. The monoisotopic (exact) mass is 346 g/mol. The highest BCUT2D eigenvalue weighted by molar-refractivity contribution is 5.94. The van der Waals surface area contributed by atoms with Gasteiger partial charge in [-0.15, -0.1) is 0 Å². The van der Waals surface area contributed by atoms with Gasteiger partial charge in [-0.05, 0) is 49.1 Å². The van der Waals surface area contributed by atoms with Crippen LogP contribution >= 0.6 is 0 Å². The predicted octanol–water partition coefficient (Wildman–Crippen LogP) is 4.20. The third-order valence-corrected chi connectivity index (χ3v) is 5.14. The van der Waals surface area contributed by atoms with E-state index in [2.05, 4.69) is 35.3 Å². The highest BCUT2D eigenvalue weighted by atomic mass is 16.2. The van der Waals surface area contributed by atoms with Crippen LogP contribution in [0.1, 0.15) is 47.4 Å². The number of aromatic nitrogens is 1. The van der Waals surface area contributed by atoms with Crippen molar-refractivity contribution < 1.29 is 4.79 Å². The van der Waals surface area contributed by atoms with Gasteiger partial charge in [0.15, 0.2) is 5.43 Å². The van der Waals surface area contributed by atoms with Gasteiger partial charge in [0, 0.05) is 24.0 Å².